The van der Waals surface area contributed by atoms with Gasteiger partial charge in [-0.15, -0.1) is 0 Å². The van der Waals surface area contributed by atoms with Crippen molar-refractivity contribution in [2.75, 3.05) is 0 Å². The van der Waals surface area contributed by atoms with Crippen LogP contribution >= 0.6 is 0 Å². The molecule has 0 N–H and O–H groups in total. The van der Waals surface area contributed by atoms with Crippen LogP contribution in [-0.4, -0.2) is 66.7 Å². The minimum atomic E-state index is -2.06. The average Bonchev–Trinajstić information content (AvgIpc) is 2.58. The van der Waals surface area contributed by atoms with Crippen molar-refractivity contribution in [3.63, 3.8) is 0 Å². The van der Waals surface area contributed by atoms with E-state index >= 15 is 0 Å². The number of nitrogens with zero attached hydrogens (tertiary/aromatic N) is 2. The standard InChI is InChI=1S/C25H48N2O5Si/c1-16(2)26(17(3)4)23(28)30-15-20-21(31-24(29)27(18(5)6)19(7)8)14-22(20)32-33(12,13)25(9,10)11/h15-19,21-22H,14H2,1-13H3/t21-,22+/m1/s1. The Balaban J connectivity index is 3.12. The zero-order chi connectivity index (χ0) is 25.9. The van der Waals surface area contributed by atoms with Crippen LogP contribution in [0.5, 0.6) is 0 Å². The van der Waals surface area contributed by atoms with Crippen LogP contribution in [-0.2, 0) is 13.9 Å². The molecule has 7 nitrogen and oxygen atoms in total. The van der Waals surface area contributed by atoms with Gasteiger partial charge in [0, 0.05) is 36.2 Å². The summed E-state index contributed by atoms with van der Waals surface area (Å²) in [5.41, 5.74) is 0.710. The van der Waals surface area contributed by atoms with Crippen LogP contribution in [0, 0.1) is 0 Å². The second-order valence-electron chi connectivity index (χ2n) is 11.7. The summed E-state index contributed by atoms with van der Waals surface area (Å²) in [5, 5.41) is 0.0364. The summed E-state index contributed by atoms with van der Waals surface area (Å²) in [6, 6.07) is 0.0622. The molecule has 0 unspecified atom stereocenters. The van der Waals surface area contributed by atoms with Gasteiger partial charge in [-0.1, -0.05) is 20.8 Å². The molecule has 0 spiro atoms. The SMILES string of the molecule is CC(C)N(C(=O)OC=C1[C@@H](O[Si](C)(C)C(C)(C)C)C[C@H]1OC(=O)N(C(C)C)C(C)C)C(C)C. The third kappa shape index (κ3) is 7.47. The fourth-order valence-electron chi connectivity index (χ4n) is 3.83. The Hall–Kier alpha value is -1.54. The maximum Gasteiger partial charge on any atom is 0.415 e. The van der Waals surface area contributed by atoms with E-state index in [1.165, 1.54) is 6.26 Å². The summed E-state index contributed by atoms with van der Waals surface area (Å²) < 4.78 is 18.0. The summed E-state index contributed by atoms with van der Waals surface area (Å²) >= 11 is 0. The molecule has 1 saturated carbocycles. The highest BCUT2D eigenvalue weighted by Crippen LogP contribution is 2.42. The van der Waals surface area contributed by atoms with Crippen LogP contribution in [0.1, 0.15) is 82.6 Å². The summed E-state index contributed by atoms with van der Waals surface area (Å²) in [6.45, 7) is 26.6. The second-order valence-corrected chi connectivity index (χ2v) is 16.4. The van der Waals surface area contributed by atoms with Gasteiger partial charge in [0.25, 0.3) is 0 Å². The molecule has 1 rings (SSSR count). The minimum Gasteiger partial charge on any atom is -0.441 e. The van der Waals surface area contributed by atoms with Gasteiger partial charge in [-0.25, -0.2) is 9.59 Å². The first kappa shape index (κ1) is 29.5. The highest BCUT2D eigenvalue weighted by molar-refractivity contribution is 6.74. The molecule has 2 atom stereocenters. The Morgan fingerprint density at radius 1 is 0.848 bits per heavy atom. The van der Waals surface area contributed by atoms with Crippen LogP contribution in [0.3, 0.4) is 0 Å². The summed E-state index contributed by atoms with van der Waals surface area (Å²) in [5.74, 6) is 0. The number of amides is 2. The van der Waals surface area contributed by atoms with Crippen LogP contribution in [0.25, 0.3) is 0 Å². The number of hydrogen-bond donors (Lipinski definition) is 0. The number of rotatable bonds is 8. The summed E-state index contributed by atoms with van der Waals surface area (Å²) in [6.07, 6.45) is 0.541. The zero-order valence-electron chi connectivity index (χ0n) is 23.2. The molecule has 2 amide bonds. The first-order chi connectivity index (χ1) is 14.9. The van der Waals surface area contributed by atoms with Crippen molar-refractivity contribution in [2.45, 2.75) is 137 Å². The molecule has 192 valence electrons. The lowest BCUT2D eigenvalue weighted by molar-refractivity contribution is -0.000816. The lowest BCUT2D eigenvalue weighted by atomic mass is 9.86. The lowest BCUT2D eigenvalue weighted by Crippen LogP contribution is -2.53. The van der Waals surface area contributed by atoms with Crippen molar-refractivity contribution >= 4 is 20.5 Å². The molecule has 0 aromatic rings. The predicted molar refractivity (Wildman–Crippen MR) is 136 cm³/mol. The number of ether oxygens (including phenoxy) is 2. The van der Waals surface area contributed by atoms with Gasteiger partial charge in [-0.3, -0.25) is 0 Å². The third-order valence-electron chi connectivity index (χ3n) is 6.60. The van der Waals surface area contributed by atoms with Crippen LogP contribution < -0.4 is 0 Å². The van der Waals surface area contributed by atoms with E-state index in [1.54, 1.807) is 9.80 Å². The van der Waals surface area contributed by atoms with Gasteiger partial charge in [0.2, 0.25) is 0 Å². The highest BCUT2D eigenvalue weighted by atomic mass is 28.4. The average molecular weight is 485 g/mol. The van der Waals surface area contributed by atoms with E-state index in [4.69, 9.17) is 13.9 Å². The smallest absolute Gasteiger partial charge is 0.415 e. The van der Waals surface area contributed by atoms with Crippen molar-refractivity contribution in [2.24, 2.45) is 0 Å². The Kier molecular flexibility index (Phi) is 10.1. The van der Waals surface area contributed by atoms with E-state index in [9.17, 15) is 9.59 Å². The van der Waals surface area contributed by atoms with Crippen LogP contribution in [0.2, 0.25) is 18.1 Å². The fourth-order valence-corrected chi connectivity index (χ4v) is 5.12. The Labute approximate surface area is 202 Å². The normalized spacial score (nSPS) is 20.5. The maximum absolute atomic E-state index is 12.9. The van der Waals surface area contributed by atoms with Crippen molar-refractivity contribution in [1.82, 2.24) is 9.80 Å². The monoisotopic (exact) mass is 484 g/mol. The van der Waals surface area contributed by atoms with Crippen LogP contribution in [0.4, 0.5) is 9.59 Å². The quantitative estimate of drug-likeness (QED) is 0.289. The van der Waals surface area contributed by atoms with Gasteiger partial charge in [-0.2, -0.15) is 0 Å². The Morgan fingerprint density at radius 2 is 1.27 bits per heavy atom. The molecule has 33 heavy (non-hydrogen) atoms. The van der Waals surface area contributed by atoms with E-state index in [-0.39, 0.29) is 41.4 Å². The summed E-state index contributed by atoms with van der Waals surface area (Å²) in [4.78, 5) is 29.0. The maximum atomic E-state index is 12.9. The van der Waals surface area contributed by atoms with Gasteiger partial charge in [0.1, 0.15) is 12.4 Å². The predicted octanol–water partition coefficient (Wildman–Crippen LogP) is 6.54. The molecule has 0 aliphatic heterocycles. The fraction of sp³-hybridized carbons (Fsp3) is 0.840. The van der Waals surface area contributed by atoms with E-state index < -0.39 is 20.5 Å². The van der Waals surface area contributed by atoms with Gasteiger partial charge in [0.05, 0.1) is 6.10 Å². The molecule has 8 heteroatoms. The third-order valence-corrected chi connectivity index (χ3v) is 11.1. The molecule has 1 aliphatic rings. The topological polar surface area (TPSA) is 68.3 Å². The number of hydrogen-bond acceptors (Lipinski definition) is 5. The van der Waals surface area contributed by atoms with Gasteiger partial charge >= 0.3 is 12.2 Å². The van der Waals surface area contributed by atoms with Crippen molar-refractivity contribution in [1.29, 1.82) is 0 Å². The summed E-state index contributed by atoms with van der Waals surface area (Å²) in [7, 11) is -2.06. The highest BCUT2D eigenvalue weighted by Gasteiger charge is 2.47. The minimum absolute atomic E-state index is 0.0100. The number of carbonyl (C=O) groups excluding carboxylic acids is 2. The van der Waals surface area contributed by atoms with E-state index in [0.29, 0.717) is 12.0 Å². The molecular formula is C25H48N2O5Si. The lowest BCUT2D eigenvalue weighted by Gasteiger charge is -2.46. The second kappa shape index (κ2) is 11.3. The first-order valence-corrected chi connectivity index (χ1v) is 15.2. The molecule has 1 aliphatic carbocycles. The van der Waals surface area contributed by atoms with E-state index in [1.807, 2.05) is 55.4 Å². The number of carbonyl (C=O) groups is 2. The van der Waals surface area contributed by atoms with Gasteiger partial charge in [-0.05, 0) is 73.5 Å². The Morgan fingerprint density at radius 3 is 1.67 bits per heavy atom. The first-order valence-electron chi connectivity index (χ1n) is 12.3. The van der Waals surface area contributed by atoms with Crippen molar-refractivity contribution < 1.29 is 23.5 Å². The Bertz CT molecular complexity index is 694. The van der Waals surface area contributed by atoms with Crippen molar-refractivity contribution in [3.8, 4) is 0 Å². The molecule has 0 aromatic heterocycles. The molecular weight excluding hydrogens is 436 g/mol. The molecule has 0 saturated heterocycles. The van der Waals surface area contributed by atoms with Gasteiger partial charge in [0.15, 0.2) is 8.32 Å². The van der Waals surface area contributed by atoms with Gasteiger partial charge < -0.3 is 23.7 Å². The molecule has 0 bridgehead atoms. The van der Waals surface area contributed by atoms with Crippen molar-refractivity contribution in [3.05, 3.63) is 11.8 Å². The molecule has 0 radical (unpaired) electrons. The van der Waals surface area contributed by atoms with Crippen LogP contribution in [0.15, 0.2) is 11.8 Å². The molecule has 0 aromatic carbocycles. The largest absolute Gasteiger partial charge is 0.441 e. The molecule has 0 heterocycles. The zero-order valence-corrected chi connectivity index (χ0v) is 24.2. The molecule has 1 fully saturated rings. The van der Waals surface area contributed by atoms with E-state index in [2.05, 4.69) is 33.9 Å². The van der Waals surface area contributed by atoms with E-state index in [0.717, 1.165) is 0 Å².